The van der Waals surface area contributed by atoms with E-state index in [1.54, 1.807) is 12.4 Å². The van der Waals surface area contributed by atoms with Crippen LogP contribution in [-0.2, 0) is 11.8 Å². The summed E-state index contributed by atoms with van der Waals surface area (Å²) in [5, 5.41) is 6.38. The number of carbonyl (C=O) groups is 1. The van der Waals surface area contributed by atoms with Gasteiger partial charge in [-0.25, -0.2) is 0 Å². The van der Waals surface area contributed by atoms with E-state index in [0.29, 0.717) is 5.56 Å². The highest BCUT2D eigenvalue weighted by molar-refractivity contribution is 6.05. The van der Waals surface area contributed by atoms with Gasteiger partial charge in [-0.1, -0.05) is 69.3 Å². The molecule has 0 spiro atoms. The van der Waals surface area contributed by atoms with Crippen LogP contribution in [0.3, 0.4) is 0 Å². The van der Waals surface area contributed by atoms with Crippen molar-refractivity contribution < 1.29 is 4.79 Å². The topological polar surface area (TPSA) is 54.0 Å². The molecule has 144 valence electrons. The van der Waals surface area contributed by atoms with E-state index in [9.17, 15) is 4.79 Å². The number of hydrogen-bond donors (Lipinski definition) is 2. The predicted octanol–water partition coefficient (Wildman–Crippen LogP) is 5.29. The van der Waals surface area contributed by atoms with Gasteiger partial charge in [-0.2, -0.15) is 0 Å². The van der Waals surface area contributed by atoms with Gasteiger partial charge in [0.15, 0.2) is 0 Å². The first kappa shape index (κ1) is 19.6. The molecule has 1 heterocycles. The number of anilines is 2. The van der Waals surface area contributed by atoms with Gasteiger partial charge in [0.2, 0.25) is 0 Å². The molecular formula is C24H27N3O. The SMILES string of the molecule is CC(C)(C)c1ccccc1NC(=O)c1cncc(NCCc2ccccc2)c1. The average Bonchev–Trinajstić information content (AvgIpc) is 2.69. The van der Waals surface area contributed by atoms with Crippen LogP contribution in [0.5, 0.6) is 0 Å². The molecule has 0 aliphatic heterocycles. The summed E-state index contributed by atoms with van der Waals surface area (Å²) in [5.74, 6) is -0.157. The Morgan fingerprint density at radius 3 is 2.43 bits per heavy atom. The number of aromatic nitrogens is 1. The van der Waals surface area contributed by atoms with E-state index in [2.05, 4.69) is 54.6 Å². The first-order valence-electron chi connectivity index (χ1n) is 9.57. The van der Waals surface area contributed by atoms with Gasteiger partial charge in [-0.05, 0) is 35.1 Å². The van der Waals surface area contributed by atoms with Gasteiger partial charge in [-0.3, -0.25) is 9.78 Å². The second kappa shape index (κ2) is 8.70. The van der Waals surface area contributed by atoms with Crippen molar-refractivity contribution in [1.82, 2.24) is 4.98 Å². The fourth-order valence-electron chi connectivity index (χ4n) is 3.10. The lowest BCUT2D eigenvalue weighted by atomic mass is 9.86. The fraction of sp³-hybridized carbons (Fsp3) is 0.250. The minimum atomic E-state index is -0.157. The van der Waals surface area contributed by atoms with E-state index in [1.807, 2.05) is 42.5 Å². The molecule has 0 aliphatic rings. The van der Waals surface area contributed by atoms with Crippen molar-refractivity contribution in [3.05, 3.63) is 89.7 Å². The molecule has 1 aromatic heterocycles. The van der Waals surface area contributed by atoms with Gasteiger partial charge in [-0.15, -0.1) is 0 Å². The third kappa shape index (κ3) is 5.19. The number of carbonyl (C=O) groups excluding carboxylic acids is 1. The minimum Gasteiger partial charge on any atom is -0.383 e. The molecule has 0 unspecified atom stereocenters. The van der Waals surface area contributed by atoms with E-state index in [-0.39, 0.29) is 11.3 Å². The van der Waals surface area contributed by atoms with E-state index in [4.69, 9.17) is 0 Å². The summed E-state index contributed by atoms with van der Waals surface area (Å²) in [6.45, 7) is 7.19. The van der Waals surface area contributed by atoms with Crippen molar-refractivity contribution in [3.63, 3.8) is 0 Å². The second-order valence-electron chi connectivity index (χ2n) is 7.87. The molecule has 2 aromatic carbocycles. The molecule has 2 N–H and O–H groups in total. The fourth-order valence-corrected chi connectivity index (χ4v) is 3.10. The molecule has 3 aromatic rings. The number of hydrogen-bond acceptors (Lipinski definition) is 3. The van der Waals surface area contributed by atoms with Crippen LogP contribution in [-0.4, -0.2) is 17.4 Å². The lowest BCUT2D eigenvalue weighted by molar-refractivity contribution is 0.102. The Kier molecular flexibility index (Phi) is 6.09. The number of nitrogens with zero attached hydrogens (tertiary/aromatic N) is 1. The van der Waals surface area contributed by atoms with Crippen LogP contribution in [0.15, 0.2) is 73.1 Å². The van der Waals surface area contributed by atoms with Crippen molar-refractivity contribution in [2.45, 2.75) is 32.6 Å². The number of rotatable bonds is 6. The molecule has 0 saturated carbocycles. The van der Waals surface area contributed by atoms with Crippen molar-refractivity contribution >= 4 is 17.3 Å². The van der Waals surface area contributed by atoms with Crippen molar-refractivity contribution in [1.29, 1.82) is 0 Å². The standard InChI is InChI=1S/C24H27N3O/c1-24(2,3)21-11-7-8-12-22(21)27-23(28)19-15-20(17-25-16-19)26-14-13-18-9-5-4-6-10-18/h4-12,15-17,26H,13-14H2,1-3H3,(H,27,28). The summed E-state index contributed by atoms with van der Waals surface area (Å²) < 4.78 is 0. The smallest absolute Gasteiger partial charge is 0.257 e. The summed E-state index contributed by atoms with van der Waals surface area (Å²) in [6.07, 6.45) is 4.25. The van der Waals surface area contributed by atoms with Gasteiger partial charge in [0.1, 0.15) is 0 Å². The monoisotopic (exact) mass is 373 g/mol. The molecule has 0 bridgehead atoms. The van der Waals surface area contributed by atoms with Crippen molar-refractivity contribution in [3.8, 4) is 0 Å². The maximum absolute atomic E-state index is 12.8. The van der Waals surface area contributed by atoms with Gasteiger partial charge in [0, 0.05) is 24.6 Å². The summed E-state index contributed by atoms with van der Waals surface area (Å²) in [4.78, 5) is 17.0. The van der Waals surface area contributed by atoms with Crippen molar-refractivity contribution in [2.75, 3.05) is 17.2 Å². The first-order valence-corrected chi connectivity index (χ1v) is 9.57. The summed E-state index contributed by atoms with van der Waals surface area (Å²) in [7, 11) is 0. The quantitative estimate of drug-likeness (QED) is 0.617. The molecule has 0 atom stereocenters. The maximum atomic E-state index is 12.8. The van der Waals surface area contributed by atoms with Crippen LogP contribution < -0.4 is 10.6 Å². The highest BCUT2D eigenvalue weighted by atomic mass is 16.1. The normalized spacial score (nSPS) is 11.1. The molecule has 4 heteroatoms. The van der Waals surface area contributed by atoms with Crippen LogP contribution >= 0.6 is 0 Å². The third-order valence-corrected chi connectivity index (χ3v) is 4.57. The van der Waals surface area contributed by atoms with Gasteiger partial charge in [0.05, 0.1) is 11.3 Å². The van der Waals surface area contributed by atoms with Crippen LogP contribution in [0.25, 0.3) is 0 Å². The van der Waals surface area contributed by atoms with Gasteiger partial charge < -0.3 is 10.6 Å². The van der Waals surface area contributed by atoms with Gasteiger partial charge >= 0.3 is 0 Å². The number of benzene rings is 2. The Hall–Kier alpha value is -3.14. The van der Waals surface area contributed by atoms with E-state index >= 15 is 0 Å². The Labute approximate surface area is 167 Å². The molecule has 0 fully saturated rings. The highest BCUT2D eigenvalue weighted by Gasteiger charge is 2.19. The lowest BCUT2D eigenvalue weighted by Gasteiger charge is -2.23. The largest absolute Gasteiger partial charge is 0.383 e. The average molecular weight is 374 g/mol. The molecule has 28 heavy (non-hydrogen) atoms. The molecule has 3 rings (SSSR count). The Morgan fingerprint density at radius 2 is 1.68 bits per heavy atom. The van der Waals surface area contributed by atoms with Crippen LogP contribution in [0.1, 0.15) is 42.3 Å². The zero-order valence-corrected chi connectivity index (χ0v) is 16.7. The number of para-hydroxylation sites is 1. The summed E-state index contributed by atoms with van der Waals surface area (Å²) >= 11 is 0. The highest BCUT2D eigenvalue weighted by Crippen LogP contribution is 2.29. The molecular weight excluding hydrogens is 346 g/mol. The Bertz CT molecular complexity index is 930. The minimum absolute atomic E-state index is 0.0526. The second-order valence-corrected chi connectivity index (χ2v) is 7.87. The number of amides is 1. The summed E-state index contributed by atoms with van der Waals surface area (Å²) in [6, 6.07) is 20.1. The van der Waals surface area contributed by atoms with E-state index in [1.165, 1.54) is 5.56 Å². The molecule has 0 saturated heterocycles. The first-order chi connectivity index (χ1) is 13.4. The molecule has 1 amide bonds. The van der Waals surface area contributed by atoms with E-state index in [0.717, 1.165) is 29.9 Å². The predicted molar refractivity (Wildman–Crippen MR) is 116 cm³/mol. The Morgan fingerprint density at radius 1 is 0.964 bits per heavy atom. The summed E-state index contributed by atoms with van der Waals surface area (Å²) in [5.41, 5.74) is 4.54. The van der Waals surface area contributed by atoms with Crippen LogP contribution in [0.2, 0.25) is 0 Å². The van der Waals surface area contributed by atoms with Gasteiger partial charge in [0.25, 0.3) is 5.91 Å². The number of nitrogens with one attached hydrogen (secondary N) is 2. The third-order valence-electron chi connectivity index (χ3n) is 4.57. The van der Waals surface area contributed by atoms with Crippen molar-refractivity contribution in [2.24, 2.45) is 0 Å². The maximum Gasteiger partial charge on any atom is 0.257 e. The molecule has 4 nitrogen and oxygen atoms in total. The number of pyridine rings is 1. The van der Waals surface area contributed by atoms with Crippen LogP contribution in [0.4, 0.5) is 11.4 Å². The zero-order valence-electron chi connectivity index (χ0n) is 16.7. The lowest BCUT2D eigenvalue weighted by Crippen LogP contribution is -2.19. The Balaban J connectivity index is 1.66. The van der Waals surface area contributed by atoms with E-state index < -0.39 is 0 Å². The van der Waals surface area contributed by atoms with Crippen LogP contribution in [0, 0.1) is 0 Å². The molecule has 0 radical (unpaired) electrons. The zero-order chi connectivity index (χ0) is 20.0. The molecule has 0 aliphatic carbocycles.